The average Bonchev–Trinajstić information content (AvgIpc) is 2.77. The van der Waals surface area contributed by atoms with Gasteiger partial charge < -0.3 is 20.1 Å². The van der Waals surface area contributed by atoms with E-state index in [1.807, 2.05) is 61.5 Å². The van der Waals surface area contributed by atoms with Gasteiger partial charge in [0.2, 0.25) is 11.8 Å². The molecule has 0 unspecified atom stereocenters. The van der Waals surface area contributed by atoms with Gasteiger partial charge in [-0.25, -0.2) is 0 Å². The maximum Gasteiger partial charge on any atom is 0.243 e. The highest BCUT2D eigenvalue weighted by atomic mass is 16.5. The fourth-order valence-corrected chi connectivity index (χ4v) is 3.25. The third-order valence-electron chi connectivity index (χ3n) is 4.88. The van der Waals surface area contributed by atoms with Gasteiger partial charge in [0.25, 0.3) is 0 Å². The van der Waals surface area contributed by atoms with E-state index in [0.717, 1.165) is 16.9 Å². The molecule has 30 heavy (non-hydrogen) atoms. The molecule has 0 aromatic heterocycles. The molecule has 0 saturated carbocycles. The number of ether oxygens (including phenoxy) is 1. The lowest BCUT2D eigenvalue weighted by atomic mass is 10.0. The molecule has 0 aliphatic rings. The topological polar surface area (TPSA) is 78.9 Å². The number of carbonyl (C=O) groups excluding carboxylic acids is 2. The fraction of sp³-hybridized carbons (Fsp3) is 0.417. The van der Waals surface area contributed by atoms with Gasteiger partial charge in [0.05, 0.1) is 7.11 Å². The molecule has 2 amide bonds. The van der Waals surface area contributed by atoms with E-state index in [9.17, 15) is 9.59 Å². The molecule has 2 N–H and O–H groups in total. The summed E-state index contributed by atoms with van der Waals surface area (Å²) in [6.07, 6.45) is 2.00. The van der Waals surface area contributed by atoms with E-state index < -0.39 is 6.04 Å². The lowest BCUT2D eigenvalue weighted by molar-refractivity contribution is -0.141. The predicted molar refractivity (Wildman–Crippen MR) is 117 cm³/mol. The minimum Gasteiger partial charge on any atom is -0.497 e. The average molecular weight is 413 g/mol. The zero-order valence-corrected chi connectivity index (χ0v) is 17.8. The molecule has 0 fully saturated rings. The van der Waals surface area contributed by atoms with Crippen molar-refractivity contribution in [2.24, 2.45) is 0 Å². The van der Waals surface area contributed by atoms with E-state index in [1.54, 1.807) is 12.0 Å². The van der Waals surface area contributed by atoms with Crippen molar-refractivity contribution in [2.75, 3.05) is 20.3 Å². The summed E-state index contributed by atoms with van der Waals surface area (Å²) in [5, 5.41) is 11.9. The number of nitrogens with one attached hydrogen (secondary N) is 1. The summed E-state index contributed by atoms with van der Waals surface area (Å²) in [6.45, 7) is 2.68. The van der Waals surface area contributed by atoms with Crippen LogP contribution in [0.25, 0.3) is 0 Å². The highest BCUT2D eigenvalue weighted by Crippen LogP contribution is 2.18. The molecule has 0 bridgehead atoms. The van der Waals surface area contributed by atoms with Crippen LogP contribution in [-0.4, -0.2) is 48.1 Å². The molecule has 2 aromatic rings. The third-order valence-corrected chi connectivity index (χ3v) is 4.88. The Balaban J connectivity index is 2.30. The van der Waals surface area contributed by atoms with Crippen molar-refractivity contribution in [1.29, 1.82) is 0 Å². The molecule has 0 aliphatic carbocycles. The van der Waals surface area contributed by atoms with Gasteiger partial charge >= 0.3 is 0 Å². The van der Waals surface area contributed by atoms with Crippen molar-refractivity contribution >= 4 is 11.8 Å². The Morgan fingerprint density at radius 2 is 1.77 bits per heavy atom. The van der Waals surface area contributed by atoms with Gasteiger partial charge in [-0.1, -0.05) is 49.4 Å². The minimum atomic E-state index is -0.632. The first-order valence-electron chi connectivity index (χ1n) is 10.4. The van der Waals surface area contributed by atoms with Crippen LogP contribution in [0, 0.1) is 0 Å². The summed E-state index contributed by atoms with van der Waals surface area (Å²) < 4.78 is 5.21. The van der Waals surface area contributed by atoms with E-state index in [4.69, 9.17) is 9.84 Å². The standard InChI is InChI=1S/C24H32N2O4/c1-3-8-23(28)26(18-20-11-13-21(30-2)14-12-20)22(24(29)25-15-7-16-27)17-19-9-5-4-6-10-19/h4-6,9-14,22,27H,3,7-8,15-18H2,1-2H3,(H,25,29)/t22-/m1/s1. The first kappa shape index (κ1) is 23.4. The van der Waals surface area contributed by atoms with E-state index in [1.165, 1.54) is 0 Å². The maximum absolute atomic E-state index is 13.1. The number of carbonyl (C=O) groups is 2. The maximum atomic E-state index is 13.1. The van der Waals surface area contributed by atoms with Crippen LogP contribution < -0.4 is 10.1 Å². The van der Waals surface area contributed by atoms with Gasteiger partial charge in [0.1, 0.15) is 11.8 Å². The van der Waals surface area contributed by atoms with Gasteiger partial charge in [0, 0.05) is 32.5 Å². The number of hydrogen-bond acceptors (Lipinski definition) is 4. The van der Waals surface area contributed by atoms with Crippen molar-refractivity contribution in [1.82, 2.24) is 10.2 Å². The highest BCUT2D eigenvalue weighted by molar-refractivity contribution is 5.88. The number of amides is 2. The summed E-state index contributed by atoms with van der Waals surface area (Å²) in [5.41, 5.74) is 1.92. The van der Waals surface area contributed by atoms with Crippen LogP contribution in [0.3, 0.4) is 0 Å². The minimum absolute atomic E-state index is 0.00790. The van der Waals surface area contributed by atoms with Gasteiger partial charge in [0.15, 0.2) is 0 Å². The molecule has 2 rings (SSSR count). The summed E-state index contributed by atoms with van der Waals surface area (Å²) >= 11 is 0. The monoisotopic (exact) mass is 412 g/mol. The Morgan fingerprint density at radius 1 is 1.07 bits per heavy atom. The number of nitrogens with zero attached hydrogens (tertiary/aromatic N) is 1. The number of aliphatic hydroxyl groups is 1. The molecule has 2 aromatic carbocycles. The summed E-state index contributed by atoms with van der Waals surface area (Å²) in [5.74, 6) is 0.490. The first-order chi connectivity index (χ1) is 14.6. The molecular formula is C24H32N2O4. The van der Waals surface area contributed by atoms with Crippen LogP contribution in [-0.2, 0) is 22.6 Å². The summed E-state index contributed by atoms with van der Waals surface area (Å²) in [6, 6.07) is 16.6. The van der Waals surface area contributed by atoms with Crippen LogP contribution in [0.5, 0.6) is 5.75 Å². The number of methoxy groups -OCH3 is 1. The second kappa shape index (κ2) is 12.6. The Bertz CT molecular complexity index is 778. The molecule has 0 radical (unpaired) electrons. The first-order valence-corrected chi connectivity index (χ1v) is 10.4. The second-order valence-corrected chi connectivity index (χ2v) is 7.19. The SMILES string of the molecule is CCCC(=O)N(Cc1ccc(OC)cc1)[C@H](Cc1ccccc1)C(=O)NCCCO. The number of hydrogen-bond donors (Lipinski definition) is 2. The van der Waals surface area contributed by atoms with Crippen LogP contribution in [0.1, 0.15) is 37.3 Å². The molecule has 0 spiro atoms. The Labute approximate surface area is 178 Å². The summed E-state index contributed by atoms with van der Waals surface area (Å²) in [4.78, 5) is 27.7. The van der Waals surface area contributed by atoms with Crippen LogP contribution in [0.15, 0.2) is 54.6 Å². The van der Waals surface area contributed by atoms with Crippen molar-refractivity contribution in [3.8, 4) is 5.75 Å². The number of aliphatic hydroxyl groups excluding tert-OH is 1. The molecular weight excluding hydrogens is 380 g/mol. The molecule has 6 heteroatoms. The van der Waals surface area contributed by atoms with E-state index in [2.05, 4.69) is 5.32 Å². The third kappa shape index (κ3) is 7.19. The molecule has 162 valence electrons. The Kier molecular flexibility index (Phi) is 9.87. The zero-order valence-electron chi connectivity index (χ0n) is 17.8. The Hall–Kier alpha value is -2.86. The Morgan fingerprint density at radius 3 is 2.37 bits per heavy atom. The fourth-order valence-electron chi connectivity index (χ4n) is 3.25. The van der Waals surface area contributed by atoms with Crippen LogP contribution in [0.2, 0.25) is 0 Å². The second-order valence-electron chi connectivity index (χ2n) is 7.19. The zero-order chi connectivity index (χ0) is 21.8. The lowest BCUT2D eigenvalue weighted by Crippen LogP contribution is -2.50. The largest absolute Gasteiger partial charge is 0.497 e. The van der Waals surface area contributed by atoms with E-state index in [-0.39, 0.29) is 18.4 Å². The molecule has 0 saturated heterocycles. The smallest absolute Gasteiger partial charge is 0.243 e. The quantitative estimate of drug-likeness (QED) is 0.526. The van der Waals surface area contributed by atoms with E-state index >= 15 is 0 Å². The lowest BCUT2D eigenvalue weighted by Gasteiger charge is -2.31. The predicted octanol–water partition coefficient (Wildman–Crippen LogP) is 2.93. The van der Waals surface area contributed by atoms with Gasteiger partial charge in [-0.15, -0.1) is 0 Å². The van der Waals surface area contributed by atoms with Crippen LogP contribution in [0.4, 0.5) is 0 Å². The molecule has 1 atom stereocenters. The van der Waals surface area contributed by atoms with E-state index in [0.29, 0.717) is 38.8 Å². The van der Waals surface area contributed by atoms with Gasteiger partial charge in [-0.05, 0) is 36.1 Å². The van der Waals surface area contributed by atoms with Crippen LogP contribution >= 0.6 is 0 Å². The van der Waals surface area contributed by atoms with Crippen molar-refractivity contribution < 1.29 is 19.4 Å². The molecule has 6 nitrogen and oxygen atoms in total. The number of benzene rings is 2. The number of rotatable bonds is 12. The highest BCUT2D eigenvalue weighted by Gasteiger charge is 2.29. The van der Waals surface area contributed by atoms with Crippen molar-refractivity contribution in [3.05, 3.63) is 65.7 Å². The van der Waals surface area contributed by atoms with Crippen molar-refractivity contribution in [3.63, 3.8) is 0 Å². The van der Waals surface area contributed by atoms with Gasteiger partial charge in [-0.2, -0.15) is 0 Å². The molecule has 0 heterocycles. The summed E-state index contributed by atoms with van der Waals surface area (Å²) in [7, 11) is 1.61. The van der Waals surface area contributed by atoms with Gasteiger partial charge in [-0.3, -0.25) is 9.59 Å². The molecule has 0 aliphatic heterocycles. The normalized spacial score (nSPS) is 11.6. The van der Waals surface area contributed by atoms with Crippen molar-refractivity contribution in [2.45, 2.75) is 45.2 Å².